The fourth-order valence-corrected chi connectivity index (χ4v) is 4.75. The number of likely N-dealkylation sites (N-methyl/N-ethyl adjacent to an activating group) is 1. The van der Waals surface area contributed by atoms with Crippen LogP contribution in [-0.2, 0) is 6.42 Å². The minimum absolute atomic E-state index is 0.0452. The van der Waals surface area contributed by atoms with Crippen LogP contribution in [0, 0.1) is 0 Å². The first kappa shape index (κ1) is 25.6. The van der Waals surface area contributed by atoms with Crippen molar-refractivity contribution in [3.05, 3.63) is 69.9 Å². The smallest absolute Gasteiger partial charge is 0.253 e. The zero-order chi connectivity index (χ0) is 24.8. The summed E-state index contributed by atoms with van der Waals surface area (Å²) in [7, 11) is 5.34. The SMILES string of the molecule is CCN(CC)C(=O)c1ccc(C2c3cc(OC)c(OC)cc3CCN2CC(NC)=C(C)C)cc1. The van der Waals surface area contributed by atoms with Crippen LogP contribution in [0.3, 0.4) is 0 Å². The van der Waals surface area contributed by atoms with Gasteiger partial charge in [0.15, 0.2) is 11.5 Å². The minimum Gasteiger partial charge on any atom is -0.493 e. The Morgan fingerprint density at radius 1 is 1.06 bits per heavy atom. The van der Waals surface area contributed by atoms with Gasteiger partial charge in [0, 0.05) is 44.5 Å². The molecule has 0 saturated carbocycles. The van der Waals surface area contributed by atoms with Gasteiger partial charge in [0.25, 0.3) is 5.91 Å². The van der Waals surface area contributed by atoms with Crippen LogP contribution in [0.2, 0.25) is 0 Å². The predicted molar refractivity (Wildman–Crippen MR) is 138 cm³/mol. The summed E-state index contributed by atoms with van der Waals surface area (Å²) in [5.41, 5.74) is 6.87. The van der Waals surface area contributed by atoms with Crippen LogP contribution in [0.25, 0.3) is 0 Å². The van der Waals surface area contributed by atoms with Gasteiger partial charge in [-0.15, -0.1) is 0 Å². The molecule has 1 unspecified atom stereocenters. The van der Waals surface area contributed by atoms with E-state index in [2.05, 4.69) is 48.3 Å². The van der Waals surface area contributed by atoms with E-state index >= 15 is 0 Å². The molecule has 2 aromatic carbocycles. The van der Waals surface area contributed by atoms with Crippen LogP contribution in [0.5, 0.6) is 11.5 Å². The van der Waals surface area contributed by atoms with Gasteiger partial charge in [-0.05, 0) is 75.1 Å². The maximum Gasteiger partial charge on any atom is 0.253 e. The Morgan fingerprint density at radius 2 is 1.68 bits per heavy atom. The van der Waals surface area contributed by atoms with Gasteiger partial charge in [-0.25, -0.2) is 0 Å². The largest absolute Gasteiger partial charge is 0.493 e. The van der Waals surface area contributed by atoms with Gasteiger partial charge in [0.1, 0.15) is 0 Å². The van der Waals surface area contributed by atoms with Crippen LogP contribution >= 0.6 is 0 Å². The molecule has 2 aromatic rings. The van der Waals surface area contributed by atoms with E-state index in [0.29, 0.717) is 13.1 Å². The average molecular weight is 466 g/mol. The molecule has 0 saturated heterocycles. The molecule has 0 spiro atoms. The predicted octanol–water partition coefficient (Wildman–Crippen LogP) is 4.65. The topological polar surface area (TPSA) is 54.0 Å². The van der Waals surface area contributed by atoms with E-state index < -0.39 is 0 Å². The number of rotatable bonds is 9. The molecule has 0 radical (unpaired) electrons. The number of amides is 1. The van der Waals surface area contributed by atoms with Crippen molar-refractivity contribution >= 4 is 5.91 Å². The number of methoxy groups -OCH3 is 2. The molecule has 0 bridgehead atoms. The van der Waals surface area contributed by atoms with Crippen LogP contribution in [0.15, 0.2) is 47.7 Å². The Kier molecular flexibility index (Phi) is 8.61. The van der Waals surface area contributed by atoms with Crippen LogP contribution in [0.1, 0.15) is 60.8 Å². The molecule has 1 heterocycles. The summed E-state index contributed by atoms with van der Waals surface area (Å²) in [4.78, 5) is 17.2. The lowest BCUT2D eigenvalue weighted by atomic mass is 9.87. The summed E-state index contributed by atoms with van der Waals surface area (Å²) in [5.74, 6) is 1.57. The Hall–Kier alpha value is -2.99. The van der Waals surface area contributed by atoms with Gasteiger partial charge < -0.3 is 19.7 Å². The third-order valence-electron chi connectivity index (χ3n) is 6.76. The summed E-state index contributed by atoms with van der Waals surface area (Å²) in [5, 5.41) is 3.38. The first-order chi connectivity index (χ1) is 16.4. The molecule has 0 fully saturated rings. The number of nitrogens with zero attached hydrogens (tertiary/aromatic N) is 2. The molecule has 3 rings (SSSR count). The summed E-state index contributed by atoms with van der Waals surface area (Å²) in [6.45, 7) is 11.5. The van der Waals surface area contributed by atoms with Gasteiger partial charge in [-0.1, -0.05) is 17.7 Å². The van der Waals surface area contributed by atoms with Crippen molar-refractivity contribution in [3.63, 3.8) is 0 Å². The Bertz CT molecular complexity index is 1020. The highest BCUT2D eigenvalue weighted by Crippen LogP contribution is 2.41. The minimum atomic E-state index is 0.0452. The van der Waals surface area contributed by atoms with Crippen molar-refractivity contribution in [1.29, 1.82) is 0 Å². The molecule has 6 nitrogen and oxygen atoms in total. The van der Waals surface area contributed by atoms with E-state index in [1.807, 2.05) is 37.9 Å². The quantitative estimate of drug-likeness (QED) is 0.584. The Labute approximate surface area is 204 Å². The van der Waals surface area contributed by atoms with E-state index in [1.54, 1.807) is 14.2 Å². The number of nitrogens with one attached hydrogen (secondary N) is 1. The van der Waals surface area contributed by atoms with E-state index in [0.717, 1.165) is 42.1 Å². The van der Waals surface area contributed by atoms with Crippen molar-refractivity contribution in [2.24, 2.45) is 0 Å². The molecule has 6 heteroatoms. The van der Waals surface area contributed by atoms with E-state index in [-0.39, 0.29) is 11.9 Å². The van der Waals surface area contributed by atoms with Crippen molar-refractivity contribution in [2.45, 2.75) is 40.2 Å². The number of benzene rings is 2. The first-order valence-corrected chi connectivity index (χ1v) is 12.1. The lowest BCUT2D eigenvalue weighted by Gasteiger charge is -2.39. The highest BCUT2D eigenvalue weighted by molar-refractivity contribution is 5.94. The molecule has 0 aliphatic carbocycles. The lowest BCUT2D eigenvalue weighted by Crippen LogP contribution is -2.39. The lowest BCUT2D eigenvalue weighted by molar-refractivity contribution is 0.0773. The molecule has 34 heavy (non-hydrogen) atoms. The van der Waals surface area contributed by atoms with E-state index in [1.165, 1.54) is 22.4 Å². The van der Waals surface area contributed by atoms with Crippen LogP contribution in [0.4, 0.5) is 0 Å². The number of allylic oxidation sites excluding steroid dienone is 1. The number of carbonyl (C=O) groups is 1. The molecule has 1 atom stereocenters. The van der Waals surface area contributed by atoms with E-state index in [9.17, 15) is 4.79 Å². The molecule has 1 amide bonds. The van der Waals surface area contributed by atoms with Crippen LogP contribution in [-0.4, -0.2) is 63.2 Å². The number of fused-ring (bicyclic) bond motifs is 1. The molecular formula is C28H39N3O3. The third-order valence-corrected chi connectivity index (χ3v) is 6.76. The van der Waals surface area contributed by atoms with Gasteiger partial charge in [0.05, 0.1) is 20.3 Å². The second-order valence-electron chi connectivity index (χ2n) is 8.86. The Balaban J connectivity index is 2.07. The fourth-order valence-electron chi connectivity index (χ4n) is 4.75. The second kappa shape index (κ2) is 11.4. The second-order valence-corrected chi connectivity index (χ2v) is 8.86. The molecule has 184 valence electrons. The molecule has 0 aromatic heterocycles. The molecule has 1 N–H and O–H groups in total. The summed E-state index contributed by atoms with van der Waals surface area (Å²) in [6, 6.07) is 12.4. The molecule has 1 aliphatic heterocycles. The number of ether oxygens (including phenoxy) is 2. The van der Waals surface area contributed by atoms with E-state index in [4.69, 9.17) is 9.47 Å². The maximum absolute atomic E-state index is 12.8. The monoisotopic (exact) mass is 465 g/mol. The third kappa shape index (κ3) is 5.22. The fraction of sp³-hybridized carbons (Fsp3) is 0.464. The van der Waals surface area contributed by atoms with Crippen molar-refractivity contribution in [2.75, 3.05) is 47.4 Å². The standard InChI is InChI=1S/C28H39N3O3/c1-8-30(9-2)28(32)21-12-10-20(11-13-21)27-23-17-26(34-7)25(33-6)16-22(23)14-15-31(27)18-24(29-5)19(3)4/h10-13,16-17,27,29H,8-9,14-15,18H2,1-7H3. The first-order valence-electron chi connectivity index (χ1n) is 12.1. The normalized spacial score (nSPS) is 15.3. The summed E-state index contributed by atoms with van der Waals surface area (Å²) < 4.78 is 11.2. The number of carbonyl (C=O) groups excluding carboxylic acids is 1. The van der Waals surface area contributed by atoms with Crippen molar-refractivity contribution in [1.82, 2.24) is 15.1 Å². The number of hydrogen-bond donors (Lipinski definition) is 1. The highest BCUT2D eigenvalue weighted by Gasteiger charge is 2.31. The zero-order valence-corrected chi connectivity index (χ0v) is 21.7. The molecular weight excluding hydrogens is 426 g/mol. The van der Waals surface area contributed by atoms with Gasteiger partial charge >= 0.3 is 0 Å². The number of hydrogen-bond acceptors (Lipinski definition) is 5. The summed E-state index contributed by atoms with van der Waals surface area (Å²) >= 11 is 0. The molecule has 1 aliphatic rings. The average Bonchev–Trinajstić information content (AvgIpc) is 2.86. The highest BCUT2D eigenvalue weighted by atomic mass is 16.5. The van der Waals surface area contributed by atoms with Gasteiger partial charge in [-0.3, -0.25) is 9.69 Å². The van der Waals surface area contributed by atoms with Crippen molar-refractivity contribution < 1.29 is 14.3 Å². The van der Waals surface area contributed by atoms with Crippen molar-refractivity contribution in [3.8, 4) is 11.5 Å². The summed E-state index contributed by atoms with van der Waals surface area (Å²) in [6.07, 6.45) is 0.935. The Morgan fingerprint density at radius 3 is 2.21 bits per heavy atom. The van der Waals surface area contributed by atoms with Crippen LogP contribution < -0.4 is 14.8 Å². The van der Waals surface area contributed by atoms with Gasteiger partial charge in [0.2, 0.25) is 0 Å². The maximum atomic E-state index is 12.8. The van der Waals surface area contributed by atoms with Gasteiger partial charge in [-0.2, -0.15) is 0 Å². The zero-order valence-electron chi connectivity index (χ0n) is 21.7.